The molecule has 114 valence electrons. The molecule has 4 rings (SSSR count). The first-order valence-corrected chi connectivity index (χ1v) is 8.35. The molecule has 1 aromatic heterocycles. The number of benzene rings is 1. The zero-order chi connectivity index (χ0) is 14.9. The number of nitrogens with zero attached hydrogens (tertiary/aromatic N) is 1. The zero-order valence-corrected chi connectivity index (χ0v) is 12.8. The molecular formula is C16H17N3O2S. The Labute approximate surface area is 132 Å². The lowest BCUT2D eigenvalue weighted by molar-refractivity contribution is 0.0935. The highest BCUT2D eigenvalue weighted by atomic mass is 32.1. The topological polar surface area (TPSA) is 63.2 Å². The van der Waals surface area contributed by atoms with Crippen LogP contribution in [0.2, 0.25) is 0 Å². The second-order valence-electron chi connectivity index (χ2n) is 5.77. The summed E-state index contributed by atoms with van der Waals surface area (Å²) in [5, 5.41) is 7.13. The van der Waals surface area contributed by atoms with Gasteiger partial charge in [-0.1, -0.05) is 29.5 Å². The second-order valence-corrected chi connectivity index (χ2v) is 6.76. The summed E-state index contributed by atoms with van der Waals surface area (Å²) in [6.45, 7) is 0. The molecule has 0 unspecified atom stereocenters. The van der Waals surface area contributed by atoms with Crippen molar-refractivity contribution in [3.8, 4) is 10.9 Å². The highest BCUT2D eigenvalue weighted by molar-refractivity contribution is 7.15. The minimum atomic E-state index is -0.0558. The van der Waals surface area contributed by atoms with E-state index in [2.05, 4.69) is 15.6 Å². The zero-order valence-electron chi connectivity index (χ0n) is 12.0. The second kappa shape index (κ2) is 5.70. The summed E-state index contributed by atoms with van der Waals surface area (Å²) in [7, 11) is 0. The van der Waals surface area contributed by atoms with Gasteiger partial charge in [0.15, 0.2) is 0 Å². The van der Waals surface area contributed by atoms with E-state index in [1.807, 2.05) is 30.3 Å². The third kappa shape index (κ3) is 2.71. The van der Waals surface area contributed by atoms with E-state index >= 15 is 0 Å². The molecule has 2 bridgehead atoms. The molecule has 3 atom stereocenters. The summed E-state index contributed by atoms with van der Waals surface area (Å²) in [6, 6.07) is 10.7. The number of amides is 1. The van der Waals surface area contributed by atoms with Crippen molar-refractivity contribution in [2.45, 2.75) is 37.4 Å². The van der Waals surface area contributed by atoms with E-state index in [1.165, 1.54) is 17.8 Å². The quantitative estimate of drug-likeness (QED) is 0.910. The molecule has 5 nitrogen and oxygen atoms in total. The predicted octanol–water partition coefficient (Wildman–Crippen LogP) is 2.56. The molecule has 0 radical (unpaired) electrons. The molecule has 2 N–H and O–H groups in total. The van der Waals surface area contributed by atoms with Gasteiger partial charge >= 0.3 is 0 Å². The Kier molecular flexibility index (Phi) is 3.56. The van der Waals surface area contributed by atoms with Crippen LogP contribution in [0.3, 0.4) is 0 Å². The summed E-state index contributed by atoms with van der Waals surface area (Å²) >= 11 is 1.27. The van der Waals surface area contributed by atoms with E-state index < -0.39 is 0 Å². The maximum absolute atomic E-state index is 12.3. The van der Waals surface area contributed by atoms with Crippen LogP contribution in [0, 0.1) is 0 Å². The van der Waals surface area contributed by atoms with Gasteiger partial charge in [0.1, 0.15) is 10.6 Å². The van der Waals surface area contributed by atoms with Crippen LogP contribution in [0.5, 0.6) is 10.9 Å². The van der Waals surface area contributed by atoms with Crippen LogP contribution >= 0.6 is 11.3 Å². The van der Waals surface area contributed by atoms with E-state index in [-0.39, 0.29) is 11.9 Å². The number of carbonyl (C=O) groups excluding carboxylic acids is 1. The lowest BCUT2D eigenvalue weighted by Crippen LogP contribution is -2.42. The van der Waals surface area contributed by atoms with Gasteiger partial charge in [0.05, 0.1) is 6.20 Å². The molecule has 0 aliphatic carbocycles. The van der Waals surface area contributed by atoms with E-state index in [0.717, 1.165) is 18.6 Å². The van der Waals surface area contributed by atoms with Crippen molar-refractivity contribution < 1.29 is 9.53 Å². The van der Waals surface area contributed by atoms with Gasteiger partial charge in [-0.15, -0.1) is 0 Å². The molecule has 2 aliphatic rings. The normalized spacial score (nSPS) is 26.1. The Morgan fingerprint density at radius 3 is 2.91 bits per heavy atom. The molecule has 2 fully saturated rings. The highest BCUT2D eigenvalue weighted by Gasteiger charge is 2.39. The third-order valence-corrected chi connectivity index (χ3v) is 5.15. The van der Waals surface area contributed by atoms with Gasteiger partial charge in [-0.2, -0.15) is 0 Å². The number of fused-ring (bicyclic) bond motifs is 2. The molecule has 2 aliphatic heterocycles. The smallest absolute Gasteiger partial charge is 0.279 e. The lowest BCUT2D eigenvalue weighted by atomic mass is 9.95. The number of hydrogen-bond acceptors (Lipinski definition) is 5. The van der Waals surface area contributed by atoms with Gasteiger partial charge < -0.3 is 15.4 Å². The minimum absolute atomic E-state index is 0.0558. The van der Waals surface area contributed by atoms with Crippen molar-refractivity contribution in [3.63, 3.8) is 0 Å². The van der Waals surface area contributed by atoms with Crippen molar-refractivity contribution in [1.82, 2.24) is 15.6 Å². The number of para-hydroxylation sites is 1. The number of aromatic nitrogens is 1. The van der Waals surface area contributed by atoms with Crippen LogP contribution in [0.15, 0.2) is 36.5 Å². The fourth-order valence-electron chi connectivity index (χ4n) is 3.22. The monoisotopic (exact) mass is 315 g/mol. The summed E-state index contributed by atoms with van der Waals surface area (Å²) in [5.41, 5.74) is 0. The Hall–Kier alpha value is -1.92. The van der Waals surface area contributed by atoms with Crippen LogP contribution in [-0.4, -0.2) is 29.0 Å². The van der Waals surface area contributed by atoms with Crippen LogP contribution < -0.4 is 15.4 Å². The van der Waals surface area contributed by atoms with E-state index in [9.17, 15) is 4.79 Å². The molecule has 1 amide bonds. The fourth-order valence-corrected chi connectivity index (χ4v) is 3.91. The van der Waals surface area contributed by atoms with Gasteiger partial charge in [-0.25, -0.2) is 4.98 Å². The maximum atomic E-state index is 12.3. The summed E-state index contributed by atoms with van der Waals surface area (Å²) < 4.78 is 5.64. The molecule has 22 heavy (non-hydrogen) atoms. The standard InChI is InChI=1S/C16H17N3O2S/c20-15(19-13-8-10-6-7-12(13)18-10)14-9-17-16(22-14)21-11-4-2-1-3-5-11/h1-5,9-10,12-13,18H,6-8H2,(H,19,20)/t10-,12+,13-/m1/s1. The summed E-state index contributed by atoms with van der Waals surface area (Å²) in [5.74, 6) is 0.667. The van der Waals surface area contributed by atoms with Crippen molar-refractivity contribution in [3.05, 3.63) is 41.4 Å². The van der Waals surface area contributed by atoms with Gasteiger partial charge in [-0.3, -0.25) is 4.79 Å². The van der Waals surface area contributed by atoms with Crippen molar-refractivity contribution in [1.29, 1.82) is 0 Å². The Balaban J connectivity index is 1.39. The van der Waals surface area contributed by atoms with E-state index in [0.29, 0.717) is 22.2 Å². The number of carbonyl (C=O) groups is 1. The number of rotatable bonds is 4. The van der Waals surface area contributed by atoms with E-state index in [4.69, 9.17) is 4.74 Å². The van der Waals surface area contributed by atoms with Crippen molar-refractivity contribution >= 4 is 17.2 Å². The number of ether oxygens (including phenoxy) is 1. The van der Waals surface area contributed by atoms with Gasteiger partial charge in [0, 0.05) is 18.1 Å². The summed E-state index contributed by atoms with van der Waals surface area (Å²) in [4.78, 5) is 17.1. The number of nitrogens with one attached hydrogen (secondary N) is 2. The first-order chi connectivity index (χ1) is 10.8. The molecule has 0 saturated carbocycles. The highest BCUT2D eigenvalue weighted by Crippen LogP contribution is 2.30. The Morgan fingerprint density at radius 1 is 1.32 bits per heavy atom. The van der Waals surface area contributed by atoms with Crippen LogP contribution in [-0.2, 0) is 0 Å². The number of thiazole rings is 1. The molecule has 2 saturated heterocycles. The van der Waals surface area contributed by atoms with Gasteiger partial charge in [0.25, 0.3) is 11.1 Å². The molecule has 6 heteroatoms. The van der Waals surface area contributed by atoms with E-state index in [1.54, 1.807) is 6.20 Å². The van der Waals surface area contributed by atoms with Gasteiger partial charge in [-0.05, 0) is 31.4 Å². The fraction of sp³-hybridized carbons (Fsp3) is 0.375. The summed E-state index contributed by atoms with van der Waals surface area (Å²) in [6.07, 6.45) is 4.99. The number of hydrogen-bond donors (Lipinski definition) is 2. The largest absolute Gasteiger partial charge is 0.431 e. The Bertz CT molecular complexity index is 673. The first-order valence-electron chi connectivity index (χ1n) is 7.53. The third-order valence-electron chi connectivity index (χ3n) is 4.27. The molecule has 1 aromatic carbocycles. The maximum Gasteiger partial charge on any atom is 0.279 e. The minimum Gasteiger partial charge on any atom is -0.431 e. The average Bonchev–Trinajstić information content (AvgIpc) is 3.24. The molecular weight excluding hydrogens is 298 g/mol. The SMILES string of the molecule is O=C(N[C@@H]1C[C@H]2CC[C@@H]1N2)c1cnc(Oc2ccccc2)s1. The van der Waals surface area contributed by atoms with Crippen molar-refractivity contribution in [2.24, 2.45) is 0 Å². The van der Waals surface area contributed by atoms with Gasteiger partial charge in [0.2, 0.25) is 0 Å². The molecule has 2 aromatic rings. The molecule has 0 spiro atoms. The van der Waals surface area contributed by atoms with Crippen molar-refractivity contribution in [2.75, 3.05) is 0 Å². The van der Waals surface area contributed by atoms with Crippen LogP contribution in [0.4, 0.5) is 0 Å². The first kappa shape index (κ1) is 13.7. The van der Waals surface area contributed by atoms with Crippen LogP contribution in [0.1, 0.15) is 28.9 Å². The lowest BCUT2D eigenvalue weighted by Gasteiger charge is -2.20. The Morgan fingerprint density at radius 2 is 2.18 bits per heavy atom. The average molecular weight is 315 g/mol. The molecule has 3 heterocycles. The predicted molar refractivity (Wildman–Crippen MR) is 84.4 cm³/mol. The van der Waals surface area contributed by atoms with Crippen LogP contribution in [0.25, 0.3) is 0 Å².